The van der Waals surface area contributed by atoms with Crippen molar-refractivity contribution in [1.29, 1.82) is 0 Å². The summed E-state index contributed by atoms with van der Waals surface area (Å²) in [6.07, 6.45) is 0.858. The van der Waals surface area contributed by atoms with Gasteiger partial charge in [0.25, 0.3) is 0 Å². The minimum absolute atomic E-state index is 0.135. The molecule has 0 amide bonds. The average Bonchev–Trinajstić information content (AvgIpc) is 2.30. The molecule has 0 radical (unpaired) electrons. The summed E-state index contributed by atoms with van der Waals surface area (Å²) in [5, 5.41) is 12.1. The summed E-state index contributed by atoms with van der Waals surface area (Å²) < 4.78 is 1.08. The third-order valence-corrected chi connectivity index (χ3v) is 3.15. The Kier molecular flexibility index (Phi) is 5.41. The lowest BCUT2D eigenvalue weighted by Gasteiger charge is -2.29. The molecular weight excluding hydrogens is 268 g/mol. The van der Waals surface area contributed by atoms with Gasteiger partial charge in [-0.2, -0.15) is 0 Å². The second kappa shape index (κ2) is 6.35. The Morgan fingerprint density at radius 3 is 2.50 bits per heavy atom. The highest BCUT2D eigenvalue weighted by molar-refractivity contribution is 9.10. The Morgan fingerprint density at radius 2 is 2.00 bits per heavy atom. The van der Waals surface area contributed by atoms with Crippen LogP contribution in [0.1, 0.15) is 12.5 Å². The zero-order valence-electron chi connectivity index (χ0n) is 9.54. The molecule has 4 heteroatoms. The lowest BCUT2D eigenvalue weighted by Crippen LogP contribution is -2.51. The lowest BCUT2D eigenvalue weighted by atomic mass is 9.93. The van der Waals surface area contributed by atoms with Crippen LogP contribution in [-0.4, -0.2) is 30.3 Å². The molecule has 0 spiro atoms. The normalized spacial score (nSPS) is 14.8. The van der Waals surface area contributed by atoms with Gasteiger partial charge in [0.05, 0.1) is 6.61 Å². The Hall–Kier alpha value is -0.420. The average molecular weight is 287 g/mol. The van der Waals surface area contributed by atoms with Crippen LogP contribution in [0.4, 0.5) is 0 Å². The highest BCUT2D eigenvalue weighted by atomic mass is 79.9. The summed E-state index contributed by atoms with van der Waals surface area (Å²) in [4.78, 5) is 0. The smallest absolute Gasteiger partial charge is 0.0556 e. The van der Waals surface area contributed by atoms with E-state index in [1.165, 1.54) is 5.56 Å². The molecule has 1 unspecified atom stereocenters. The fourth-order valence-electron chi connectivity index (χ4n) is 1.62. The molecule has 0 aliphatic carbocycles. The van der Waals surface area contributed by atoms with E-state index in [1.807, 2.05) is 12.1 Å². The summed E-state index contributed by atoms with van der Waals surface area (Å²) in [5.41, 5.74) is 6.85. The van der Waals surface area contributed by atoms with E-state index in [1.54, 1.807) is 0 Å². The molecule has 3 nitrogen and oxygen atoms in total. The van der Waals surface area contributed by atoms with E-state index >= 15 is 0 Å². The third kappa shape index (κ3) is 4.22. The summed E-state index contributed by atoms with van der Waals surface area (Å²) in [7, 11) is 0. The molecule has 1 atom stereocenters. The molecular formula is C12H19BrN2O. The van der Waals surface area contributed by atoms with Crippen LogP contribution in [0.2, 0.25) is 0 Å². The van der Waals surface area contributed by atoms with E-state index in [9.17, 15) is 0 Å². The van der Waals surface area contributed by atoms with Crippen LogP contribution in [0, 0.1) is 0 Å². The summed E-state index contributed by atoms with van der Waals surface area (Å²) in [5.74, 6) is 0. The van der Waals surface area contributed by atoms with Crippen molar-refractivity contribution >= 4 is 15.9 Å². The van der Waals surface area contributed by atoms with Gasteiger partial charge in [-0.1, -0.05) is 28.1 Å². The van der Waals surface area contributed by atoms with Gasteiger partial charge in [0.1, 0.15) is 0 Å². The Labute approximate surface area is 105 Å². The molecule has 0 fully saturated rings. The molecule has 0 saturated heterocycles. The molecule has 0 saturated carbocycles. The van der Waals surface area contributed by atoms with E-state index in [4.69, 9.17) is 10.8 Å². The van der Waals surface area contributed by atoms with Crippen LogP contribution in [0.5, 0.6) is 0 Å². The van der Waals surface area contributed by atoms with Crippen LogP contribution < -0.4 is 11.1 Å². The van der Waals surface area contributed by atoms with Crippen molar-refractivity contribution in [1.82, 2.24) is 5.32 Å². The summed E-state index contributed by atoms with van der Waals surface area (Å²) in [6.45, 7) is 3.33. The fraction of sp³-hybridized carbons (Fsp3) is 0.500. The molecule has 0 aromatic heterocycles. The van der Waals surface area contributed by atoms with Gasteiger partial charge in [-0.3, -0.25) is 0 Å². The van der Waals surface area contributed by atoms with Crippen LogP contribution >= 0.6 is 15.9 Å². The first kappa shape index (κ1) is 13.6. The van der Waals surface area contributed by atoms with Crippen molar-refractivity contribution in [3.05, 3.63) is 34.3 Å². The largest absolute Gasteiger partial charge is 0.395 e. The maximum atomic E-state index is 8.82. The molecule has 16 heavy (non-hydrogen) atoms. The zero-order chi connectivity index (χ0) is 12.0. The molecule has 0 heterocycles. The molecule has 90 valence electrons. The summed E-state index contributed by atoms with van der Waals surface area (Å²) in [6, 6.07) is 8.22. The number of halogens is 1. The number of benzene rings is 1. The number of hydrogen-bond donors (Lipinski definition) is 3. The molecule has 0 bridgehead atoms. The standard InChI is InChI=1S/C12H19BrN2O/c1-12(9-14,15-6-7-16)8-10-2-4-11(13)5-3-10/h2-5,15-16H,6-9,14H2,1H3. The number of β-amino-alcohol motifs (C(OH)–C–C–N with tert-alkyl or cyclic N) is 1. The molecule has 0 aliphatic heterocycles. The number of hydrogen-bond acceptors (Lipinski definition) is 3. The topological polar surface area (TPSA) is 58.3 Å². The first-order valence-corrected chi connectivity index (χ1v) is 6.19. The third-order valence-electron chi connectivity index (χ3n) is 2.62. The number of rotatable bonds is 6. The van der Waals surface area contributed by atoms with Gasteiger partial charge in [-0.05, 0) is 31.0 Å². The highest BCUT2D eigenvalue weighted by Crippen LogP contribution is 2.15. The zero-order valence-corrected chi connectivity index (χ0v) is 11.1. The molecule has 4 N–H and O–H groups in total. The van der Waals surface area contributed by atoms with Crippen molar-refractivity contribution in [2.75, 3.05) is 19.7 Å². The van der Waals surface area contributed by atoms with Crippen molar-refractivity contribution in [3.8, 4) is 0 Å². The van der Waals surface area contributed by atoms with Crippen molar-refractivity contribution < 1.29 is 5.11 Å². The van der Waals surface area contributed by atoms with Crippen LogP contribution in [0.3, 0.4) is 0 Å². The number of nitrogens with one attached hydrogen (secondary N) is 1. The van der Waals surface area contributed by atoms with E-state index < -0.39 is 0 Å². The lowest BCUT2D eigenvalue weighted by molar-refractivity contribution is 0.260. The second-order valence-corrected chi connectivity index (χ2v) is 5.13. The van der Waals surface area contributed by atoms with Crippen LogP contribution in [0.15, 0.2) is 28.7 Å². The van der Waals surface area contributed by atoms with Gasteiger partial charge in [0.2, 0.25) is 0 Å². The van der Waals surface area contributed by atoms with Crippen molar-refractivity contribution in [3.63, 3.8) is 0 Å². The second-order valence-electron chi connectivity index (χ2n) is 4.22. The quantitative estimate of drug-likeness (QED) is 0.739. The van der Waals surface area contributed by atoms with Crippen LogP contribution in [0.25, 0.3) is 0 Å². The summed E-state index contributed by atoms with van der Waals surface area (Å²) >= 11 is 3.41. The van der Waals surface area contributed by atoms with E-state index in [0.29, 0.717) is 13.1 Å². The monoisotopic (exact) mass is 286 g/mol. The van der Waals surface area contributed by atoms with Crippen LogP contribution in [-0.2, 0) is 6.42 Å². The number of aliphatic hydroxyl groups excluding tert-OH is 1. The highest BCUT2D eigenvalue weighted by Gasteiger charge is 2.21. The maximum Gasteiger partial charge on any atom is 0.0556 e. The SMILES string of the molecule is CC(CN)(Cc1ccc(Br)cc1)NCCO. The molecule has 1 rings (SSSR count). The molecule has 1 aromatic rings. The molecule has 1 aromatic carbocycles. The predicted octanol–water partition coefficient (Wildman–Crippen LogP) is 1.29. The number of aliphatic hydroxyl groups is 1. The minimum Gasteiger partial charge on any atom is -0.395 e. The Morgan fingerprint density at radius 1 is 1.38 bits per heavy atom. The first-order valence-electron chi connectivity index (χ1n) is 5.40. The van der Waals surface area contributed by atoms with Gasteiger partial charge >= 0.3 is 0 Å². The first-order chi connectivity index (χ1) is 7.59. The maximum absolute atomic E-state index is 8.82. The predicted molar refractivity (Wildman–Crippen MR) is 70.4 cm³/mol. The van der Waals surface area contributed by atoms with Crippen molar-refractivity contribution in [2.45, 2.75) is 18.9 Å². The van der Waals surface area contributed by atoms with Gasteiger partial charge in [0, 0.05) is 23.1 Å². The van der Waals surface area contributed by atoms with E-state index in [-0.39, 0.29) is 12.1 Å². The number of nitrogens with two attached hydrogens (primary N) is 1. The Balaban J connectivity index is 2.64. The van der Waals surface area contributed by atoms with Crippen molar-refractivity contribution in [2.24, 2.45) is 5.73 Å². The fourth-order valence-corrected chi connectivity index (χ4v) is 1.88. The minimum atomic E-state index is -0.156. The van der Waals surface area contributed by atoms with Gasteiger partial charge in [0.15, 0.2) is 0 Å². The van der Waals surface area contributed by atoms with E-state index in [0.717, 1.165) is 10.9 Å². The van der Waals surface area contributed by atoms with E-state index in [2.05, 4.69) is 40.3 Å². The van der Waals surface area contributed by atoms with Gasteiger partial charge in [-0.25, -0.2) is 0 Å². The molecule has 0 aliphatic rings. The van der Waals surface area contributed by atoms with Gasteiger partial charge < -0.3 is 16.2 Å². The van der Waals surface area contributed by atoms with Gasteiger partial charge in [-0.15, -0.1) is 0 Å². The Bertz CT molecular complexity index is 315.